The molecule has 2 aliphatic rings. The van der Waals surface area contributed by atoms with Crippen molar-refractivity contribution in [1.29, 1.82) is 0 Å². The Morgan fingerprint density at radius 2 is 2.00 bits per heavy atom. The number of hydrogen-bond donors (Lipinski definition) is 2. The Kier molecular flexibility index (Phi) is 5.57. The van der Waals surface area contributed by atoms with Gasteiger partial charge in [0.15, 0.2) is 17.2 Å². The zero-order valence-corrected chi connectivity index (χ0v) is 17.9. The maximum Gasteiger partial charge on any atom is 0.297 e. The van der Waals surface area contributed by atoms with Crippen molar-refractivity contribution < 1.29 is 14.3 Å². The van der Waals surface area contributed by atoms with E-state index in [4.69, 9.17) is 4.74 Å². The fourth-order valence-electron chi connectivity index (χ4n) is 3.43. The Bertz CT molecular complexity index is 1230. The van der Waals surface area contributed by atoms with Crippen LogP contribution in [0.2, 0.25) is 0 Å². The molecule has 3 aromatic rings. The van der Waals surface area contributed by atoms with E-state index in [-0.39, 0.29) is 22.9 Å². The van der Waals surface area contributed by atoms with E-state index in [1.807, 2.05) is 0 Å². The van der Waals surface area contributed by atoms with Gasteiger partial charge in [-0.15, -0.1) is 0 Å². The van der Waals surface area contributed by atoms with Crippen LogP contribution in [-0.4, -0.2) is 60.5 Å². The van der Waals surface area contributed by atoms with E-state index in [2.05, 4.69) is 40.7 Å². The molecule has 4 heterocycles. The van der Waals surface area contributed by atoms with Crippen LogP contribution in [0.5, 0.6) is 0 Å². The number of aromatic nitrogens is 6. The van der Waals surface area contributed by atoms with Crippen LogP contribution in [0.1, 0.15) is 51.9 Å². The molecule has 2 amide bonds. The van der Waals surface area contributed by atoms with Crippen LogP contribution in [0.25, 0.3) is 0 Å². The van der Waals surface area contributed by atoms with Crippen LogP contribution in [-0.2, 0) is 11.8 Å². The fraction of sp³-hybridized carbons (Fsp3) is 0.333. The van der Waals surface area contributed by atoms with Crippen molar-refractivity contribution in [2.45, 2.75) is 25.2 Å². The van der Waals surface area contributed by atoms with E-state index in [0.717, 1.165) is 18.5 Å². The predicted octanol–water partition coefficient (Wildman–Crippen LogP) is 1.87. The zero-order chi connectivity index (χ0) is 22.8. The normalized spacial score (nSPS) is 16.7. The van der Waals surface area contributed by atoms with E-state index >= 15 is 0 Å². The topological polar surface area (TPSA) is 149 Å². The Hall–Kier alpha value is -4.06. The summed E-state index contributed by atoms with van der Waals surface area (Å²) in [5, 5.41) is 9.90. The van der Waals surface area contributed by atoms with E-state index in [9.17, 15) is 9.59 Å². The summed E-state index contributed by atoms with van der Waals surface area (Å²) in [6, 6.07) is 0. The number of carbonyl (C=O) groups excluding carboxylic acids is 2. The molecule has 0 spiro atoms. The van der Waals surface area contributed by atoms with E-state index in [1.54, 1.807) is 25.6 Å². The van der Waals surface area contributed by atoms with Gasteiger partial charge in [0.2, 0.25) is 0 Å². The number of anilines is 3. The molecule has 168 valence electrons. The van der Waals surface area contributed by atoms with Gasteiger partial charge in [0.25, 0.3) is 11.8 Å². The molecule has 0 aromatic carbocycles. The molecule has 0 radical (unpaired) electrons. The smallest absolute Gasteiger partial charge is 0.297 e. The lowest BCUT2D eigenvalue weighted by Gasteiger charge is -2.12. The molecule has 2 fully saturated rings. The van der Waals surface area contributed by atoms with Crippen LogP contribution >= 0.6 is 0 Å². The van der Waals surface area contributed by atoms with Gasteiger partial charge >= 0.3 is 0 Å². The third kappa shape index (κ3) is 4.60. The van der Waals surface area contributed by atoms with Gasteiger partial charge in [0.05, 0.1) is 60.8 Å². The molecule has 0 unspecified atom stereocenters. The number of aryl methyl sites for hydroxylation is 1. The number of nitrogens with one attached hydrogen (secondary N) is 2. The first-order chi connectivity index (χ1) is 16.1. The van der Waals surface area contributed by atoms with Crippen molar-refractivity contribution in [3.05, 3.63) is 48.2 Å². The molecule has 33 heavy (non-hydrogen) atoms. The first-order valence-corrected chi connectivity index (χ1v) is 10.5. The van der Waals surface area contributed by atoms with Crippen LogP contribution in [0.3, 0.4) is 0 Å². The van der Waals surface area contributed by atoms with Gasteiger partial charge < -0.3 is 15.4 Å². The van der Waals surface area contributed by atoms with Crippen LogP contribution in [0, 0.1) is 0 Å². The average molecular weight is 447 g/mol. The lowest BCUT2D eigenvalue weighted by atomic mass is 10.2. The maximum atomic E-state index is 13.3. The summed E-state index contributed by atoms with van der Waals surface area (Å²) in [4.78, 5) is 47.1. The predicted molar refractivity (Wildman–Crippen MR) is 118 cm³/mol. The number of nitrogens with zero attached hydrogens (tertiary/aromatic N) is 7. The molecule has 5 rings (SSSR count). The van der Waals surface area contributed by atoms with Gasteiger partial charge in [-0.3, -0.25) is 14.3 Å². The van der Waals surface area contributed by atoms with Crippen molar-refractivity contribution in [3.63, 3.8) is 0 Å². The molecule has 1 saturated heterocycles. The van der Waals surface area contributed by atoms with E-state index in [0.29, 0.717) is 37.0 Å². The van der Waals surface area contributed by atoms with Crippen LogP contribution in [0.4, 0.5) is 17.2 Å². The average Bonchev–Trinajstić information content (AvgIpc) is 3.43. The number of aliphatic imine (C=N–C) groups is 1. The molecular weight excluding hydrogens is 426 g/mol. The highest BCUT2D eigenvalue weighted by Crippen LogP contribution is 2.39. The fourth-order valence-corrected chi connectivity index (χ4v) is 3.43. The van der Waals surface area contributed by atoms with Gasteiger partial charge in [0.1, 0.15) is 6.33 Å². The number of carbonyl (C=O) groups is 2. The number of ether oxygens (including phenoxy) is 1. The molecule has 1 saturated carbocycles. The SMILES string of the molecule is Cn1ncc(NC(=O)c2nc(C3CC3)cnc2Nc2cncnc2)c1C(=O)/N=C1\CCOC1. The quantitative estimate of drug-likeness (QED) is 0.577. The van der Waals surface area contributed by atoms with E-state index in [1.165, 1.54) is 17.2 Å². The minimum Gasteiger partial charge on any atom is -0.375 e. The van der Waals surface area contributed by atoms with Crippen molar-refractivity contribution in [3.8, 4) is 0 Å². The Morgan fingerprint density at radius 1 is 1.18 bits per heavy atom. The van der Waals surface area contributed by atoms with E-state index < -0.39 is 11.8 Å². The molecule has 1 aliphatic carbocycles. The first kappa shape index (κ1) is 20.8. The lowest BCUT2D eigenvalue weighted by Crippen LogP contribution is -2.19. The molecular formula is C21H21N9O3. The third-order valence-electron chi connectivity index (χ3n) is 5.28. The minimum absolute atomic E-state index is 0.0982. The summed E-state index contributed by atoms with van der Waals surface area (Å²) in [6.07, 6.45) is 10.2. The second-order valence-corrected chi connectivity index (χ2v) is 7.79. The summed E-state index contributed by atoms with van der Waals surface area (Å²) >= 11 is 0. The maximum absolute atomic E-state index is 13.3. The van der Waals surface area contributed by atoms with Gasteiger partial charge in [-0.05, 0) is 12.8 Å². The highest BCUT2D eigenvalue weighted by Gasteiger charge is 2.28. The zero-order valence-electron chi connectivity index (χ0n) is 17.9. The monoisotopic (exact) mass is 447 g/mol. The highest BCUT2D eigenvalue weighted by atomic mass is 16.5. The molecule has 2 N–H and O–H groups in total. The Balaban J connectivity index is 1.43. The lowest BCUT2D eigenvalue weighted by molar-refractivity contribution is 0.0994. The van der Waals surface area contributed by atoms with Crippen LogP contribution < -0.4 is 10.6 Å². The summed E-state index contributed by atoms with van der Waals surface area (Å²) < 4.78 is 6.63. The van der Waals surface area contributed by atoms with Gasteiger partial charge in [-0.25, -0.2) is 24.9 Å². The van der Waals surface area contributed by atoms with Crippen molar-refractivity contribution >= 4 is 34.7 Å². The largest absolute Gasteiger partial charge is 0.375 e. The number of amides is 2. The second-order valence-electron chi connectivity index (χ2n) is 7.79. The van der Waals surface area contributed by atoms with Crippen molar-refractivity contribution in [1.82, 2.24) is 29.7 Å². The van der Waals surface area contributed by atoms with Gasteiger partial charge in [-0.2, -0.15) is 5.10 Å². The summed E-state index contributed by atoms with van der Waals surface area (Å²) in [7, 11) is 1.62. The third-order valence-corrected chi connectivity index (χ3v) is 5.28. The minimum atomic E-state index is -0.525. The Labute approximate surface area is 188 Å². The highest BCUT2D eigenvalue weighted by molar-refractivity contribution is 6.11. The van der Waals surface area contributed by atoms with Crippen LogP contribution in [0.15, 0.2) is 36.1 Å². The molecule has 0 bridgehead atoms. The van der Waals surface area contributed by atoms with Crippen molar-refractivity contribution in [2.75, 3.05) is 23.8 Å². The van der Waals surface area contributed by atoms with Crippen molar-refractivity contribution in [2.24, 2.45) is 12.0 Å². The number of rotatable bonds is 6. The second kappa shape index (κ2) is 8.82. The summed E-state index contributed by atoms with van der Waals surface area (Å²) in [5.41, 5.74) is 2.49. The standard InChI is InChI=1S/C21H21N9O3/c1-30-18(21(32)27-13-4-5-33-10-13)16(9-25-30)29-20(31)17-19(26-14-6-22-11-23-7-14)24-8-15(28-17)12-2-3-12/h6-9,11-12H,2-5,10H2,1H3,(H,24,26)(H,29,31)/b27-13+. The summed E-state index contributed by atoms with van der Waals surface area (Å²) in [5.74, 6) is -0.461. The number of hydrogen-bond acceptors (Lipinski definition) is 9. The molecule has 1 aliphatic heterocycles. The first-order valence-electron chi connectivity index (χ1n) is 10.5. The molecule has 0 atom stereocenters. The molecule has 3 aromatic heterocycles. The van der Waals surface area contributed by atoms with Gasteiger partial charge in [-0.1, -0.05) is 0 Å². The summed E-state index contributed by atoms with van der Waals surface area (Å²) in [6.45, 7) is 0.867. The molecule has 12 nitrogen and oxygen atoms in total. The Morgan fingerprint density at radius 3 is 2.73 bits per heavy atom. The van der Waals surface area contributed by atoms with Gasteiger partial charge in [0, 0.05) is 19.4 Å². The molecule has 12 heteroatoms.